The summed E-state index contributed by atoms with van der Waals surface area (Å²) in [7, 11) is 0. The summed E-state index contributed by atoms with van der Waals surface area (Å²) in [6.07, 6.45) is 0. The zero-order valence-electron chi connectivity index (χ0n) is 10.6. The predicted molar refractivity (Wildman–Crippen MR) is 65.4 cm³/mol. The molecular weight excluding hydrogens is 176 g/mol. The highest BCUT2D eigenvalue weighted by Crippen LogP contribution is 2.43. The Bertz CT molecular complexity index is 155. The van der Waals surface area contributed by atoms with E-state index < -0.39 is 0 Å². The molecule has 13 heavy (non-hydrogen) atoms. The molecule has 0 unspecified atom stereocenters. The maximum absolute atomic E-state index is 2.35. The quantitative estimate of drug-likeness (QED) is 0.631. The van der Waals surface area contributed by atoms with Gasteiger partial charge in [-0.15, -0.1) is 0 Å². The third-order valence-corrected chi connectivity index (χ3v) is 5.02. The molecule has 0 spiro atoms. The molecule has 0 rings (SSSR count). The summed E-state index contributed by atoms with van der Waals surface area (Å²) in [5.74, 6) is 1.23. The second-order valence-corrected chi connectivity index (χ2v) is 8.21. The van der Waals surface area contributed by atoms with Crippen LogP contribution in [-0.2, 0) is 0 Å². The first kappa shape index (κ1) is 13.4. The first-order valence-corrected chi connectivity index (χ1v) is 6.08. The molecule has 0 N–H and O–H groups in total. The van der Waals surface area contributed by atoms with Crippen LogP contribution in [0.1, 0.15) is 55.4 Å². The van der Waals surface area contributed by atoms with Crippen molar-refractivity contribution in [3.8, 4) is 0 Å². The van der Waals surface area contributed by atoms with Gasteiger partial charge >= 0.3 is 0 Å². The molecule has 0 atom stereocenters. The minimum Gasteiger partial charge on any atom is -0.155 e. The van der Waals surface area contributed by atoms with Crippen LogP contribution in [-0.4, -0.2) is 10.5 Å². The third-order valence-electron chi connectivity index (χ3n) is 2.67. The van der Waals surface area contributed by atoms with Gasteiger partial charge in [-0.3, -0.25) is 0 Å². The molecular formula is C12H26S. The zero-order valence-corrected chi connectivity index (χ0v) is 11.4. The van der Waals surface area contributed by atoms with E-state index in [4.69, 9.17) is 0 Å². The van der Waals surface area contributed by atoms with E-state index in [0.29, 0.717) is 15.6 Å². The zero-order chi connectivity index (χ0) is 10.9. The van der Waals surface area contributed by atoms with Crippen molar-refractivity contribution >= 4 is 11.8 Å². The third kappa shape index (κ3) is 4.95. The van der Waals surface area contributed by atoms with E-state index in [9.17, 15) is 0 Å². The molecule has 0 aromatic heterocycles. The smallest absolute Gasteiger partial charge is 0.0152 e. The van der Waals surface area contributed by atoms with Crippen molar-refractivity contribution in [1.82, 2.24) is 0 Å². The summed E-state index contributed by atoms with van der Waals surface area (Å²) in [6.45, 7) is 18.6. The summed E-state index contributed by atoms with van der Waals surface area (Å²) in [6, 6.07) is 0. The molecule has 0 aromatic rings. The van der Waals surface area contributed by atoms with E-state index in [1.165, 1.54) is 5.75 Å². The Morgan fingerprint density at radius 1 is 0.769 bits per heavy atom. The molecule has 0 nitrogen and oxygen atoms in total. The number of thioether (sulfide) groups is 1. The van der Waals surface area contributed by atoms with E-state index in [1.807, 2.05) is 0 Å². The molecule has 0 saturated carbocycles. The van der Waals surface area contributed by atoms with Gasteiger partial charge in [0, 0.05) is 4.75 Å². The van der Waals surface area contributed by atoms with Gasteiger partial charge in [0.1, 0.15) is 0 Å². The second kappa shape index (κ2) is 3.84. The molecule has 0 aliphatic heterocycles. The van der Waals surface area contributed by atoms with Crippen LogP contribution in [0.5, 0.6) is 0 Å². The fourth-order valence-corrected chi connectivity index (χ4v) is 1.84. The molecule has 0 aliphatic rings. The van der Waals surface area contributed by atoms with E-state index in [-0.39, 0.29) is 0 Å². The molecule has 0 aliphatic carbocycles. The fourth-order valence-electron chi connectivity index (χ4n) is 0.613. The Balaban J connectivity index is 4.21. The van der Waals surface area contributed by atoms with Crippen LogP contribution in [0.2, 0.25) is 0 Å². The Hall–Kier alpha value is 0.350. The highest BCUT2D eigenvalue weighted by atomic mass is 32.2. The molecule has 80 valence electrons. The molecule has 0 saturated heterocycles. The summed E-state index contributed by atoms with van der Waals surface area (Å²) in [5, 5.41) is 0. The summed E-state index contributed by atoms with van der Waals surface area (Å²) < 4.78 is 0.361. The van der Waals surface area contributed by atoms with E-state index in [0.717, 1.165) is 0 Å². The molecule has 0 radical (unpaired) electrons. The van der Waals surface area contributed by atoms with Crippen molar-refractivity contribution in [1.29, 1.82) is 0 Å². The summed E-state index contributed by atoms with van der Waals surface area (Å²) >= 11 is 2.09. The Morgan fingerprint density at radius 3 is 1.38 bits per heavy atom. The van der Waals surface area contributed by atoms with Gasteiger partial charge in [0.25, 0.3) is 0 Å². The molecule has 0 aromatic carbocycles. The van der Waals surface area contributed by atoms with Gasteiger partial charge in [-0.1, -0.05) is 55.4 Å². The van der Waals surface area contributed by atoms with Crippen LogP contribution in [0.15, 0.2) is 0 Å². The first-order chi connectivity index (χ1) is 5.46. The van der Waals surface area contributed by atoms with Crippen molar-refractivity contribution in [2.75, 3.05) is 5.75 Å². The summed E-state index contributed by atoms with van der Waals surface area (Å²) in [5.41, 5.74) is 0.816. The van der Waals surface area contributed by atoms with Gasteiger partial charge in [-0.25, -0.2) is 0 Å². The van der Waals surface area contributed by atoms with Crippen LogP contribution >= 0.6 is 11.8 Å². The topological polar surface area (TPSA) is 0 Å². The lowest BCUT2D eigenvalue weighted by Crippen LogP contribution is -2.34. The predicted octanol–water partition coefficient (Wildman–Crippen LogP) is 4.59. The van der Waals surface area contributed by atoms with Gasteiger partial charge in [0.05, 0.1) is 0 Å². The minimum atomic E-state index is 0.361. The van der Waals surface area contributed by atoms with Gasteiger partial charge < -0.3 is 0 Å². The van der Waals surface area contributed by atoms with Crippen LogP contribution < -0.4 is 0 Å². The Labute approximate surface area is 88.9 Å². The summed E-state index contributed by atoms with van der Waals surface area (Å²) in [4.78, 5) is 0. The molecule has 0 amide bonds. The average Bonchev–Trinajstić information content (AvgIpc) is 1.79. The van der Waals surface area contributed by atoms with Crippen molar-refractivity contribution in [3.63, 3.8) is 0 Å². The molecule has 0 heterocycles. The van der Waals surface area contributed by atoms with E-state index >= 15 is 0 Å². The fraction of sp³-hybridized carbons (Fsp3) is 1.00. The van der Waals surface area contributed by atoms with Crippen LogP contribution in [0.25, 0.3) is 0 Å². The average molecular weight is 202 g/mol. The van der Waals surface area contributed by atoms with E-state index in [1.54, 1.807) is 0 Å². The standard InChI is InChI=1S/C12H26S/c1-10(2,3)9-13-12(7,8)11(4,5)6/h9H2,1-8H3. The van der Waals surface area contributed by atoms with Crippen LogP contribution in [0, 0.1) is 10.8 Å². The van der Waals surface area contributed by atoms with Gasteiger partial charge in [-0.05, 0) is 16.6 Å². The maximum Gasteiger partial charge on any atom is 0.0152 e. The van der Waals surface area contributed by atoms with Gasteiger partial charge in [0.15, 0.2) is 0 Å². The Morgan fingerprint density at radius 2 is 1.15 bits per heavy atom. The van der Waals surface area contributed by atoms with Gasteiger partial charge in [0.2, 0.25) is 0 Å². The molecule has 0 bridgehead atoms. The highest BCUT2D eigenvalue weighted by Gasteiger charge is 2.34. The number of rotatable bonds is 2. The van der Waals surface area contributed by atoms with Crippen LogP contribution in [0.4, 0.5) is 0 Å². The van der Waals surface area contributed by atoms with Crippen molar-refractivity contribution < 1.29 is 0 Å². The normalized spacial score (nSPS) is 14.8. The monoisotopic (exact) mass is 202 g/mol. The van der Waals surface area contributed by atoms with Crippen molar-refractivity contribution in [2.24, 2.45) is 10.8 Å². The van der Waals surface area contributed by atoms with Crippen molar-refractivity contribution in [3.05, 3.63) is 0 Å². The molecule has 0 fully saturated rings. The van der Waals surface area contributed by atoms with Crippen molar-refractivity contribution in [2.45, 2.75) is 60.1 Å². The number of hydrogen-bond acceptors (Lipinski definition) is 1. The first-order valence-electron chi connectivity index (χ1n) is 5.10. The second-order valence-electron chi connectivity index (χ2n) is 6.61. The Kier molecular flexibility index (Phi) is 3.95. The van der Waals surface area contributed by atoms with E-state index in [2.05, 4.69) is 67.2 Å². The highest BCUT2D eigenvalue weighted by molar-refractivity contribution is 8.00. The molecule has 1 heteroatoms. The van der Waals surface area contributed by atoms with Crippen LogP contribution in [0.3, 0.4) is 0 Å². The van der Waals surface area contributed by atoms with Gasteiger partial charge in [-0.2, -0.15) is 11.8 Å². The lowest BCUT2D eigenvalue weighted by molar-refractivity contribution is 0.318. The SMILES string of the molecule is CC(C)(C)CSC(C)(C)C(C)(C)C. The largest absolute Gasteiger partial charge is 0.155 e. The minimum absolute atomic E-state index is 0.361. The maximum atomic E-state index is 2.35. The number of hydrogen-bond donors (Lipinski definition) is 0. The lowest BCUT2D eigenvalue weighted by atomic mass is 9.82. The lowest BCUT2D eigenvalue weighted by Gasteiger charge is -2.39.